The van der Waals surface area contributed by atoms with Gasteiger partial charge in [0.25, 0.3) is 6.43 Å². The Kier molecular flexibility index (Phi) is 3.24. The minimum atomic E-state index is -3.12. The molecule has 76 valence electrons. The first-order valence-corrected chi connectivity index (χ1v) is 4.29. The van der Waals surface area contributed by atoms with Crippen LogP contribution in [0.4, 0.5) is 18.9 Å². The minimum absolute atomic E-state index is 0.421. The summed E-state index contributed by atoms with van der Waals surface area (Å²) >= 11 is 1.30. The smallest absolute Gasteiger partial charge is 0.258 e. The number of hydrogen-bond acceptors (Lipinski definition) is 3. The summed E-state index contributed by atoms with van der Waals surface area (Å²) in [4.78, 5) is 12.3. The summed E-state index contributed by atoms with van der Waals surface area (Å²) in [6.45, 7) is 0. The molecule has 0 aliphatic heterocycles. The molecule has 0 atom stereocenters. The number of rotatable bonds is 2. The van der Waals surface area contributed by atoms with E-state index in [0.29, 0.717) is 6.20 Å². The number of nitrogens with zero attached hydrogens (tertiary/aromatic N) is 2. The Hall–Kier alpha value is -0.930. The molecule has 0 aliphatic rings. The largest absolute Gasteiger partial charge is 0.301 e. The highest BCUT2D eigenvalue weighted by molar-refractivity contribution is 14.1. The maximum absolute atomic E-state index is 12.7. The zero-order chi connectivity index (χ0) is 10.9. The van der Waals surface area contributed by atoms with E-state index in [1.54, 1.807) is 0 Å². The number of alkyl halides is 2. The minimum Gasteiger partial charge on any atom is -0.258 e. The van der Waals surface area contributed by atoms with Crippen molar-refractivity contribution < 1.29 is 18.1 Å². The fourth-order valence-electron chi connectivity index (χ4n) is 0.786. The lowest BCUT2D eigenvalue weighted by atomic mass is 10.2. The van der Waals surface area contributed by atoms with Gasteiger partial charge in [-0.2, -0.15) is 4.39 Å². The van der Waals surface area contributed by atoms with Gasteiger partial charge in [-0.25, -0.2) is 13.8 Å². The van der Waals surface area contributed by atoms with Crippen LogP contribution in [0, 0.1) is 19.6 Å². The molecule has 0 amide bonds. The van der Waals surface area contributed by atoms with E-state index in [-0.39, 0.29) is 0 Å². The van der Waals surface area contributed by atoms with Gasteiger partial charge in [0, 0.05) is 0 Å². The Morgan fingerprint density at radius 2 is 2.14 bits per heavy atom. The highest BCUT2D eigenvalue weighted by atomic mass is 127. The molecule has 1 rings (SSSR count). The molecule has 0 spiro atoms. The Labute approximate surface area is 89.4 Å². The number of pyridine rings is 1. The van der Waals surface area contributed by atoms with Crippen molar-refractivity contribution in [1.82, 2.24) is 4.98 Å². The summed E-state index contributed by atoms with van der Waals surface area (Å²) in [5.74, 6) is -1.38. The molecule has 0 saturated carbocycles. The van der Waals surface area contributed by atoms with Crippen molar-refractivity contribution in [3.8, 4) is 0 Å². The Balaban J connectivity index is 3.41. The van der Waals surface area contributed by atoms with Crippen LogP contribution in [0.2, 0.25) is 0 Å². The van der Waals surface area contributed by atoms with Crippen molar-refractivity contribution in [2.24, 2.45) is 0 Å². The van der Waals surface area contributed by atoms with E-state index >= 15 is 0 Å². The topological polar surface area (TPSA) is 56.0 Å². The average Bonchev–Trinajstić information content (AvgIpc) is 2.02. The second kappa shape index (κ2) is 4.07. The summed E-state index contributed by atoms with van der Waals surface area (Å²) in [5.41, 5.74) is -1.65. The fourth-order valence-corrected chi connectivity index (χ4v) is 1.58. The number of hydrogen-bond donors (Lipinski definition) is 0. The molecular formula is C6H2F3IN2O2. The maximum atomic E-state index is 12.7. The summed E-state index contributed by atoms with van der Waals surface area (Å²) in [5, 5.41) is 10.3. The lowest BCUT2D eigenvalue weighted by Gasteiger charge is -2.03. The van der Waals surface area contributed by atoms with Crippen LogP contribution in [-0.4, -0.2) is 9.91 Å². The van der Waals surface area contributed by atoms with Crippen LogP contribution < -0.4 is 0 Å². The molecule has 4 nitrogen and oxygen atoms in total. The molecule has 1 aromatic rings. The van der Waals surface area contributed by atoms with Crippen LogP contribution in [0.1, 0.15) is 12.0 Å². The molecular weight excluding hydrogens is 316 g/mol. The lowest BCUT2D eigenvalue weighted by Crippen LogP contribution is -2.02. The van der Waals surface area contributed by atoms with E-state index in [2.05, 4.69) is 4.98 Å². The normalized spacial score (nSPS) is 10.6. The van der Waals surface area contributed by atoms with Crippen LogP contribution in [0.3, 0.4) is 0 Å². The number of aromatic nitrogens is 1. The third-order valence-electron chi connectivity index (χ3n) is 1.40. The fraction of sp³-hybridized carbons (Fsp3) is 0.167. The van der Waals surface area contributed by atoms with Crippen molar-refractivity contribution in [2.45, 2.75) is 6.43 Å². The first-order valence-electron chi connectivity index (χ1n) is 3.21. The van der Waals surface area contributed by atoms with Gasteiger partial charge in [0.2, 0.25) is 5.95 Å². The van der Waals surface area contributed by atoms with Gasteiger partial charge in [0.1, 0.15) is 9.77 Å². The zero-order valence-electron chi connectivity index (χ0n) is 6.38. The van der Waals surface area contributed by atoms with Gasteiger partial charge in [0.05, 0.1) is 10.5 Å². The van der Waals surface area contributed by atoms with E-state index in [1.807, 2.05) is 0 Å². The quantitative estimate of drug-likeness (QED) is 0.365. The molecule has 0 radical (unpaired) electrons. The van der Waals surface area contributed by atoms with Crippen molar-refractivity contribution in [3.63, 3.8) is 0 Å². The highest BCUT2D eigenvalue weighted by Crippen LogP contribution is 2.31. The van der Waals surface area contributed by atoms with E-state index in [4.69, 9.17) is 0 Å². The summed E-state index contributed by atoms with van der Waals surface area (Å²) in [7, 11) is 0. The monoisotopic (exact) mass is 318 g/mol. The molecule has 0 N–H and O–H groups in total. The third-order valence-corrected chi connectivity index (χ3v) is 2.53. The standard InChI is InChI=1S/C6H2F3IN2O2/c7-5(8)3-4(10)2(12(13)14)1-11-6(3)9/h1,5H. The van der Waals surface area contributed by atoms with Crippen molar-refractivity contribution in [3.05, 3.63) is 31.4 Å². The van der Waals surface area contributed by atoms with Crippen LogP contribution >= 0.6 is 22.6 Å². The van der Waals surface area contributed by atoms with Crippen molar-refractivity contribution in [2.75, 3.05) is 0 Å². The van der Waals surface area contributed by atoms with Gasteiger partial charge < -0.3 is 0 Å². The summed E-state index contributed by atoms with van der Waals surface area (Å²) in [6, 6.07) is 0. The summed E-state index contributed by atoms with van der Waals surface area (Å²) in [6.07, 6.45) is -2.50. The van der Waals surface area contributed by atoms with E-state index in [9.17, 15) is 23.3 Å². The van der Waals surface area contributed by atoms with Crippen LogP contribution in [0.25, 0.3) is 0 Å². The van der Waals surface area contributed by atoms with E-state index < -0.39 is 32.1 Å². The molecule has 0 bridgehead atoms. The number of nitro groups is 1. The SMILES string of the molecule is O=[N+]([O-])c1cnc(F)c(C(F)F)c1I. The molecule has 8 heteroatoms. The van der Waals surface area contributed by atoms with Gasteiger partial charge in [-0.15, -0.1) is 0 Å². The van der Waals surface area contributed by atoms with Gasteiger partial charge in [-0.05, 0) is 22.6 Å². The molecule has 1 aromatic heterocycles. The highest BCUT2D eigenvalue weighted by Gasteiger charge is 2.25. The third kappa shape index (κ3) is 1.94. The van der Waals surface area contributed by atoms with Crippen molar-refractivity contribution in [1.29, 1.82) is 0 Å². The molecule has 1 heterocycles. The molecule has 0 aromatic carbocycles. The van der Waals surface area contributed by atoms with Gasteiger partial charge >= 0.3 is 5.69 Å². The maximum Gasteiger partial charge on any atom is 0.301 e. The van der Waals surface area contributed by atoms with Gasteiger partial charge in [-0.3, -0.25) is 10.1 Å². The average molecular weight is 318 g/mol. The number of halogens is 4. The van der Waals surface area contributed by atoms with Gasteiger partial charge in [-0.1, -0.05) is 0 Å². The molecule has 0 fully saturated rings. The summed E-state index contributed by atoms with van der Waals surface area (Å²) < 4.78 is 36.8. The second-order valence-electron chi connectivity index (χ2n) is 2.22. The van der Waals surface area contributed by atoms with Crippen LogP contribution in [-0.2, 0) is 0 Å². The predicted molar refractivity (Wildman–Crippen MR) is 48.5 cm³/mol. The Morgan fingerprint density at radius 3 is 2.57 bits per heavy atom. The Bertz CT molecular complexity index is 386. The van der Waals surface area contributed by atoms with Crippen molar-refractivity contribution >= 4 is 28.3 Å². The lowest BCUT2D eigenvalue weighted by molar-refractivity contribution is -0.386. The van der Waals surface area contributed by atoms with Gasteiger partial charge in [0.15, 0.2) is 0 Å². The van der Waals surface area contributed by atoms with E-state index in [1.165, 1.54) is 22.6 Å². The first-order chi connectivity index (χ1) is 6.45. The predicted octanol–water partition coefficient (Wildman–Crippen LogP) is 2.67. The molecule has 0 unspecified atom stereocenters. The second-order valence-corrected chi connectivity index (χ2v) is 3.30. The first kappa shape index (κ1) is 11.1. The zero-order valence-corrected chi connectivity index (χ0v) is 8.53. The van der Waals surface area contributed by atoms with Crippen LogP contribution in [0.15, 0.2) is 6.20 Å². The Morgan fingerprint density at radius 1 is 1.57 bits per heavy atom. The molecule has 0 aliphatic carbocycles. The molecule has 14 heavy (non-hydrogen) atoms. The van der Waals surface area contributed by atoms with Crippen LogP contribution in [0.5, 0.6) is 0 Å². The van der Waals surface area contributed by atoms with E-state index in [0.717, 1.165) is 0 Å². The molecule has 0 saturated heterocycles.